The summed E-state index contributed by atoms with van der Waals surface area (Å²) in [6, 6.07) is 15.6. The van der Waals surface area contributed by atoms with Crippen molar-refractivity contribution in [2.75, 3.05) is 11.9 Å². The van der Waals surface area contributed by atoms with E-state index in [9.17, 15) is 4.79 Å². The van der Waals surface area contributed by atoms with Crippen LogP contribution in [0.2, 0.25) is 5.02 Å². The number of hydrogen-bond donors (Lipinski definition) is 2. The smallest absolute Gasteiger partial charge is 0.255 e. The lowest BCUT2D eigenvalue weighted by Gasteiger charge is -2.10. The van der Waals surface area contributed by atoms with Crippen molar-refractivity contribution >= 4 is 23.2 Å². The first-order valence-electron chi connectivity index (χ1n) is 8.14. The summed E-state index contributed by atoms with van der Waals surface area (Å²) in [5, 5.41) is 12.3. The third-order valence-electron chi connectivity index (χ3n) is 3.72. The molecule has 1 aromatic heterocycles. The van der Waals surface area contributed by atoms with Crippen LogP contribution in [0.4, 0.5) is 5.69 Å². The second-order valence-corrected chi connectivity index (χ2v) is 5.94. The van der Waals surface area contributed by atoms with Gasteiger partial charge in [0.05, 0.1) is 17.3 Å². The summed E-state index contributed by atoms with van der Waals surface area (Å²) in [7, 11) is 0. The normalized spacial score (nSPS) is 10.6. The number of anilines is 1. The number of hydrogen-bond acceptors (Lipinski definition) is 4. The molecule has 0 saturated heterocycles. The molecule has 1 amide bonds. The molecule has 0 atom stereocenters. The Morgan fingerprint density at radius 1 is 1.19 bits per heavy atom. The van der Waals surface area contributed by atoms with Gasteiger partial charge in [0.2, 0.25) is 0 Å². The quantitative estimate of drug-likeness (QED) is 0.656. The number of nitrogens with one attached hydrogen (secondary N) is 1. The Morgan fingerprint density at radius 3 is 2.77 bits per heavy atom. The highest BCUT2D eigenvalue weighted by molar-refractivity contribution is 6.34. The van der Waals surface area contributed by atoms with E-state index in [2.05, 4.69) is 5.32 Å². The molecule has 0 spiro atoms. The zero-order valence-corrected chi connectivity index (χ0v) is 14.9. The molecule has 0 aliphatic carbocycles. The molecule has 0 aliphatic rings. The molecule has 0 saturated carbocycles. The fourth-order valence-corrected chi connectivity index (χ4v) is 2.65. The van der Waals surface area contributed by atoms with Gasteiger partial charge in [-0.1, -0.05) is 17.7 Å². The fraction of sp³-hybridized carbons (Fsp3) is 0.150. The Bertz CT molecular complexity index is 920. The van der Waals surface area contributed by atoms with E-state index in [-0.39, 0.29) is 12.5 Å². The van der Waals surface area contributed by atoms with Gasteiger partial charge in [0.15, 0.2) is 0 Å². The van der Waals surface area contributed by atoms with Crippen molar-refractivity contribution in [2.24, 2.45) is 0 Å². The molecule has 134 valence electrons. The van der Waals surface area contributed by atoms with Crippen LogP contribution in [0.1, 0.15) is 23.0 Å². The maximum Gasteiger partial charge on any atom is 0.255 e. The van der Waals surface area contributed by atoms with Gasteiger partial charge < -0.3 is 19.6 Å². The van der Waals surface area contributed by atoms with Gasteiger partial charge in [-0.15, -0.1) is 0 Å². The molecule has 0 radical (unpaired) electrons. The highest BCUT2D eigenvalue weighted by atomic mass is 35.5. The predicted molar refractivity (Wildman–Crippen MR) is 101 cm³/mol. The Labute approximate surface area is 156 Å². The average molecular weight is 372 g/mol. The summed E-state index contributed by atoms with van der Waals surface area (Å²) >= 11 is 6.22. The molecule has 0 bridgehead atoms. The lowest BCUT2D eigenvalue weighted by atomic mass is 10.1. The van der Waals surface area contributed by atoms with Crippen LogP contribution in [0.25, 0.3) is 11.3 Å². The van der Waals surface area contributed by atoms with Crippen molar-refractivity contribution in [1.82, 2.24) is 0 Å². The van der Waals surface area contributed by atoms with Gasteiger partial charge in [-0.3, -0.25) is 4.79 Å². The summed E-state index contributed by atoms with van der Waals surface area (Å²) in [4.78, 5) is 12.5. The number of halogens is 1. The minimum absolute atomic E-state index is 0.173. The predicted octanol–water partition coefficient (Wildman–Crippen LogP) is 4.74. The molecule has 0 unspecified atom stereocenters. The van der Waals surface area contributed by atoms with Gasteiger partial charge in [-0.2, -0.15) is 0 Å². The summed E-state index contributed by atoms with van der Waals surface area (Å²) in [6.07, 6.45) is 0. The van der Waals surface area contributed by atoms with Crippen molar-refractivity contribution in [3.8, 4) is 17.1 Å². The van der Waals surface area contributed by atoms with E-state index in [1.807, 2.05) is 6.92 Å². The van der Waals surface area contributed by atoms with Crippen LogP contribution in [0, 0.1) is 0 Å². The molecule has 26 heavy (non-hydrogen) atoms. The Balaban J connectivity index is 1.83. The van der Waals surface area contributed by atoms with Crippen molar-refractivity contribution in [1.29, 1.82) is 0 Å². The van der Waals surface area contributed by atoms with Crippen molar-refractivity contribution < 1.29 is 19.1 Å². The van der Waals surface area contributed by atoms with Crippen molar-refractivity contribution in [3.63, 3.8) is 0 Å². The van der Waals surface area contributed by atoms with E-state index < -0.39 is 0 Å². The molecule has 2 N–H and O–H groups in total. The fourth-order valence-electron chi connectivity index (χ4n) is 2.48. The largest absolute Gasteiger partial charge is 0.494 e. The van der Waals surface area contributed by atoms with Crippen molar-refractivity contribution in [3.05, 3.63) is 70.9 Å². The zero-order chi connectivity index (χ0) is 18.5. The molecule has 0 fully saturated rings. The van der Waals surface area contributed by atoms with Crippen LogP contribution in [-0.2, 0) is 6.61 Å². The molecule has 5 nitrogen and oxygen atoms in total. The number of carbonyl (C=O) groups is 1. The van der Waals surface area contributed by atoms with Gasteiger partial charge in [0.25, 0.3) is 5.91 Å². The molecule has 1 heterocycles. The summed E-state index contributed by atoms with van der Waals surface area (Å²) in [5.74, 6) is 1.39. The molecule has 0 aliphatic heterocycles. The second-order valence-electron chi connectivity index (χ2n) is 5.53. The third kappa shape index (κ3) is 4.07. The lowest BCUT2D eigenvalue weighted by Crippen LogP contribution is -2.12. The van der Waals surface area contributed by atoms with Gasteiger partial charge in [0, 0.05) is 11.1 Å². The SMILES string of the molecule is CCOc1cccc(C(=O)Nc2cc(-c3ccc(CO)o3)ccc2Cl)c1. The van der Waals surface area contributed by atoms with Crippen LogP contribution in [0.5, 0.6) is 5.75 Å². The van der Waals surface area contributed by atoms with E-state index in [1.54, 1.807) is 54.6 Å². The van der Waals surface area contributed by atoms with E-state index in [0.29, 0.717) is 40.2 Å². The molecular formula is C20H18ClNO4. The number of furan rings is 1. The van der Waals surface area contributed by atoms with E-state index in [1.165, 1.54) is 0 Å². The monoisotopic (exact) mass is 371 g/mol. The Kier molecular flexibility index (Phi) is 5.61. The van der Waals surface area contributed by atoms with Crippen LogP contribution in [-0.4, -0.2) is 17.6 Å². The van der Waals surface area contributed by atoms with Crippen LogP contribution in [0.3, 0.4) is 0 Å². The number of aliphatic hydroxyl groups excluding tert-OH is 1. The van der Waals surface area contributed by atoms with Crippen LogP contribution in [0.15, 0.2) is 59.0 Å². The summed E-state index contributed by atoms with van der Waals surface area (Å²) in [5.41, 5.74) is 1.68. The number of carbonyl (C=O) groups excluding carboxylic acids is 1. The topological polar surface area (TPSA) is 71.7 Å². The molecular weight excluding hydrogens is 354 g/mol. The average Bonchev–Trinajstić information content (AvgIpc) is 3.13. The maximum absolute atomic E-state index is 12.5. The summed E-state index contributed by atoms with van der Waals surface area (Å²) < 4.78 is 10.9. The molecule has 3 aromatic rings. The van der Waals surface area contributed by atoms with Crippen LogP contribution >= 0.6 is 11.6 Å². The molecule has 2 aromatic carbocycles. The first-order chi connectivity index (χ1) is 12.6. The minimum Gasteiger partial charge on any atom is -0.494 e. The standard InChI is InChI=1S/C20H18ClNO4/c1-2-25-15-5-3-4-14(10-15)20(24)22-18-11-13(6-8-17(18)21)19-9-7-16(12-23)26-19/h3-11,23H,2,12H2,1H3,(H,22,24). The van der Waals surface area contributed by atoms with E-state index in [0.717, 1.165) is 5.56 Å². The van der Waals surface area contributed by atoms with E-state index >= 15 is 0 Å². The van der Waals surface area contributed by atoms with E-state index in [4.69, 9.17) is 25.9 Å². The van der Waals surface area contributed by atoms with Gasteiger partial charge >= 0.3 is 0 Å². The molecule has 3 rings (SSSR count). The zero-order valence-electron chi connectivity index (χ0n) is 14.2. The van der Waals surface area contributed by atoms with Crippen LogP contribution < -0.4 is 10.1 Å². The number of ether oxygens (including phenoxy) is 1. The Morgan fingerprint density at radius 2 is 2.04 bits per heavy atom. The third-order valence-corrected chi connectivity index (χ3v) is 4.05. The highest BCUT2D eigenvalue weighted by Crippen LogP contribution is 2.30. The Hall–Kier alpha value is -2.76. The number of rotatable bonds is 6. The minimum atomic E-state index is -0.291. The lowest BCUT2D eigenvalue weighted by molar-refractivity contribution is 0.102. The number of aliphatic hydroxyl groups is 1. The van der Waals surface area contributed by atoms with Gasteiger partial charge in [-0.05, 0) is 55.5 Å². The van der Waals surface area contributed by atoms with Gasteiger partial charge in [0.1, 0.15) is 23.9 Å². The number of benzene rings is 2. The first-order valence-corrected chi connectivity index (χ1v) is 8.52. The second kappa shape index (κ2) is 8.08. The molecule has 6 heteroatoms. The highest BCUT2D eigenvalue weighted by Gasteiger charge is 2.12. The van der Waals surface area contributed by atoms with Crippen molar-refractivity contribution in [2.45, 2.75) is 13.5 Å². The van der Waals surface area contributed by atoms with Gasteiger partial charge in [-0.25, -0.2) is 0 Å². The summed E-state index contributed by atoms with van der Waals surface area (Å²) in [6.45, 7) is 2.24. The number of amides is 1. The first kappa shape index (κ1) is 18.0. The maximum atomic E-state index is 12.5.